The van der Waals surface area contributed by atoms with E-state index in [1.54, 1.807) is 10.9 Å². The van der Waals surface area contributed by atoms with Crippen molar-refractivity contribution in [3.8, 4) is 0 Å². The number of nitrogens with one attached hydrogen (secondary N) is 1. The maximum atomic E-state index is 10.8. The molecular weight excluding hydrogens is 240 g/mol. The molecule has 5 heteroatoms. The molecule has 1 aliphatic carbocycles. The van der Waals surface area contributed by atoms with Crippen molar-refractivity contribution >= 4 is 11.6 Å². The summed E-state index contributed by atoms with van der Waals surface area (Å²) in [6.45, 7) is 7.10. The molecule has 2 rings (SSSR count). The van der Waals surface area contributed by atoms with Gasteiger partial charge in [-0.2, -0.15) is 5.10 Å². The van der Waals surface area contributed by atoms with E-state index in [1.807, 2.05) is 6.20 Å². The normalized spacial score (nSPS) is 26.1. The minimum absolute atomic E-state index is 0.133. The Morgan fingerprint density at radius 3 is 2.95 bits per heavy atom. The first-order valence-corrected chi connectivity index (χ1v) is 6.91. The molecule has 0 aliphatic heterocycles. The topological polar surface area (TPSA) is 72.9 Å². The molecule has 2 atom stereocenters. The van der Waals surface area contributed by atoms with Crippen molar-refractivity contribution in [3.63, 3.8) is 0 Å². The lowest BCUT2D eigenvalue weighted by atomic mass is 9.70. The van der Waals surface area contributed by atoms with Crippen LogP contribution >= 0.6 is 0 Å². The largest absolute Gasteiger partial charge is 0.380 e. The molecule has 1 aliphatic rings. The minimum Gasteiger partial charge on any atom is -0.380 e. The van der Waals surface area contributed by atoms with Crippen LogP contribution in [0, 0.1) is 11.3 Å². The molecule has 0 spiro atoms. The van der Waals surface area contributed by atoms with E-state index < -0.39 is 0 Å². The number of primary amides is 1. The van der Waals surface area contributed by atoms with E-state index >= 15 is 0 Å². The van der Waals surface area contributed by atoms with Gasteiger partial charge in [-0.3, -0.25) is 9.48 Å². The summed E-state index contributed by atoms with van der Waals surface area (Å²) in [5.41, 5.74) is 6.51. The van der Waals surface area contributed by atoms with Crippen LogP contribution in [0.2, 0.25) is 0 Å². The monoisotopic (exact) mass is 264 g/mol. The van der Waals surface area contributed by atoms with Crippen LogP contribution in [0.3, 0.4) is 0 Å². The minimum atomic E-state index is -0.373. The highest BCUT2D eigenvalue weighted by Gasteiger charge is 2.31. The molecule has 0 aromatic carbocycles. The van der Waals surface area contributed by atoms with Crippen molar-refractivity contribution in [1.29, 1.82) is 0 Å². The van der Waals surface area contributed by atoms with Crippen molar-refractivity contribution in [3.05, 3.63) is 12.4 Å². The molecule has 0 saturated heterocycles. The molecule has 1 fully saturated rings. The number of carbonyl (C=O) groups is 1. The fourth-order valence-electron chi connectivity index (χ4n) is 3.38. The molecule has 1 aromatic rings. The van der Waals surface area contributed by atoms with Gasteiger partial charge in [0.05, 0.1) is 11.9 Å². The summed E-state index contributed by atoms with van der Waals surface area (Å²) >= 11 is 0. The molecule has 1 amide bonds. The summed E-state index contributed by atoms with van der Waals surface area (Å²) in [4.78, 5) is 10.8. The van der Waals surface area contributed by atoms with E-state index in [0.717, 1.165) is 11.6 Å². The number of nitrogens with zero attached hydrogens (tertiary/aromatic N) is 2. The van der Waals surface area contributed by atoms with Gasteiger partial charge in [0.2, 0.25) is 5.91 Å². The second-order valence-corrected chi connectivity index (χ2v) is 6.65. The third kappa shape index (κ3) is 3.98. The number of hydrogen-bond acceptors (Lipinski definition) is 3. The van der Waals surface area contributed by atoms with Crippen LogP contribution < -0.4 is 11.1 Å². The lowest BCUT2D eigenvalue weighted by molar-refractivity contribution is -0.118. The summed E-state index contributed by atoms with van der Waals surface area (Å²) in [5, 5.41) is 7.66. The lowest BCUT2D eigenvalue weighted by Crippen LogP contribution is -2.35. The van der Waals surface area contributed by atoms with Crippen LogP contribution in [0.4, 0.5) is 5.69 Å². The van der Waals surface area contributed by atoms with Gasteiger partial charge < -0.3 is 11.1 Å². The van der Waals surface area contributed by atoms with Gasteiger partial charge >= 0.3 is 0 Å². The van der Waals surface area contributed by atoms with Crippen LogP contribution in [0.1, 0.15) is 40.0 Å². The third-order valence-corrected chi connectivity index (χ3v) is 3.71. The second kappa shape index (κ2) is 5.23. The Bertz CT molecular complexity index is 452. The molecule has 0 radical (unpaired) electrons. The Kier molecular flexibility index (Phi) is 3.83. The van der Waals surface area contributed by atoms with E-state index in [1.165, 1.54) is 19.3 Å². The molecule has 5 nitrogen and oxygen atoms in total. The molecule has 2 unspecified atom stereocenters. The Morgan fingerprint density at radius 2 is 2.32 bits per heavy atom. The average molecular weight is 264 g/mol. The SMILES string of the molecule is CC1CC(Nc2cnn(CC(N)=O)c2)CC(C)(C)C1. The van der Waals surface area contributed by atoms with Gasteiger partial charge in [0.25, 0.3) is 0 Å². The first-order chi connectivity index (χ1) is 8.84. The quantitative estimate of drug-likeness (QED) is 0.873. The highest BCUT2D eigenvalue weighted by molar-refractivity contribution is 5.73. The number of hydrogen-bond donors (Lipinski definition) is 2. The van der Waals surface area contributed by atoms with Gasteiger partial charge in [-0.25, -0.2) is 0 Å². The molecule has 1 heterocycles. The molecule has 106 valence electrons. The summed E-state index contributed by atoms with van der Waals surface area (Å²) < 4.78 is 1.57. The van der Waals surface area contributed by atoms with E-state index in [4.69, 9.17) is 5.73 Å². The number of aromatic nitrogens is 2. The van der Waals surface area contributed by atoms with E-state index in [9.17, 15) is 4.79 Å². The Hall–Kier alpha value is -1.52. The van der Waals surface area contributed by atoms with Crippen LogP contribution in [0.5, 0.6) is 0 Å². The summed E-state index contributed by atoms with van der Waals surface area (Å²) in [7, 11) is 0. The van der Waals surface area contributed by atoms with Gasteiger partial charge in [0.1, 0.15) is 6.54 Å². The zero-order chi connectivity index (χ0) is 14.0. The fraction of sp³-hybridized carbons (Fsp3) is 0.714. The van der Waals surface area contributed by atoms with Gasteiger partial charge in [0.15, 0.2) is 0 Å². The van der Waals surface area contributed by atoms with E-state index in [-0.39, 0.29) is 12.5 Å². The zero-order valence-electron chi connectivity index (χ0n) is 12.0. The zero-order valence-corrected chi connectivity index (χ0v) is 12.0. The Morgan fingerprint density at radius 1 is 1.58 bits per heavy atom. The highest BCUT2D eigenvalue weighted by Crippen LogP contribution is 2.39. The van der Waals surface area contributed by atoms with Gasteiger partial charge in [-0.15, -0.1) is 0 Å². The van der Waals surface area contributed by atoms with Crippen LogP contribution in [0.15, 0.2) is 12.4 Å². The van der Waals surface area contributed by atoms with Crippen molar-refractivity contribution in [2.24, 2.45) is 17.1 Å². The van der Waals surface area contributed by atoms with Crippen molar-refractivity contribution < 1.29 is 4.79 Å². The first-order valence-electron chi connectivity index (χ1n) is 6.91. The summed E-state index contributed by atoms with van der Waals surface area (Å²) in [5.74, 6) is 0.365. The Labute approximate surface area is 114 Å². The molecule has 1 aromatic heterocycles. The second-order valence-electron chi connectivity index (χ2n) is 6.65. The van der Waals surface area contributed by atoms with Crippen LogP contribution in [-0.4, -0.2) is 21.7 Å². The fourth-order valence-corrected chi connectivity index (χ4v) is 3.38. The first kappa shape index (κ1) is 13.9. The van der Waals surface area contributed by atoms with Gasteiger partial charge in [0, 0.05) is 12.2 Å². The van der Waals surface area contributed by atoms with Crippen LogP contribution in [-0.2, 0) is 11.3 Å². The molecule has 0 bridgehead atoms. The predicted octanol–water partition coefficient (Wildman–Crippen LogP) is 2.00. The summed E-state index contributed by atoms with van der Waals surface area (Å²) in [6.07, 6.45) is 7.24. The number of amides is 1. The molecule has 3 N–H and O–H groups in total. The highest BCUT2D eigenvalue weighted by atomic mass is 16.1. The maximum absolute atomic E-state index is 10.8. The van der Waals surface area contributed by atoms with E-state index in [0.29, 0.717) is 11.5 Å². The Balaban J connectivity index is 1.97. The predicted molar refractivity (Wildman–Crippen MR) is 75.6 cm³/mol. The van der Waals surface area contributed by atoms with Crippen molar-refractivity contribution in [2.75, 3.05) is 5.32 Å². The third-order valence-electron chi connectivity index (χ3n) is 3.71. The number of nitrogens with two attached hydrogens (primary N) is 1. The molecule has 1 saturated carbocycles. The standard InChI is InChI=1S/C14H24N4O/c1-10-4-11(6-14(2,3)5-10)17-12-7-16-18(8-12)9-13(15)19/h7-8,10-11,17H,4-6,9H2,1-3H3,(H2,15,19). The molecular formula is C14H24N4O. The number of carbonyl (C=O) groups excluding carboxylic acids is 1. The van der Waals surface area contributed by atoms with Crippen molar-refractivity contribution in [2.45, 2.75) is 52.6 Å². The van der Waals surface area contributed by atoms with Gasteiger partial charge in [-0.05, 0) is 30.6 Å². The van der Waals surface area contributed by atoms with E-state index in [2.05, 4.69) is 31.2 Å². The van der Waals surface area contributed by atoms with Gasteiger partial charge in [-0.1, -0.05) is 20.8 Å². The molecule has 19 heavy (non-hydrogen) atoms. The van der Waals surface area contributed by atoms with Crippen LogP contribution in [0.25, 0.3) is 0 Å². The lowest BCUT2D eigenvalue weighted by Gasteiger charge is -2.39. The number of rotatable bonds is 4. The smallest absolute Gasteiger partial charge is 0.239 e. The number of anilines is 1. The average Bonchev–Trinajstić information content (AvgIpc) is 2.60. The summed E-state index contributed by atoms with van der Waals surface area (Å²) in [6, 6.07) is 0.477. The van der Waals surface area contributed by atoms with Crippen molar-refractivity contribution in [1.82, 2.24) is 9.78 Å². The maximum Gasteiger partial charge on any atom is 0.239 e.